The lowest BCUT2D eigenvalue weighted by Gasteiger charge is -2.12. The summed E-state index contributed by atoms with van der Waals surface area (Å²) in [5.74, 6) is -0.357. The first-order valence-electron chi connectivity index (χ1n) is 8.65. The zero-order valence-corrected chi connectivity index (χ0v) is 19.2. The van der Waals surface area contributed by atoms with Crippen LogP contribution in [0.25, 0.3) is 0 Å². The molecule has 0 spiro atoms. The maximum atomic E-state index is 12.6. The van der Waals surface area contributed by atoms with E-state index in [1.807, 2.05) is 0 Å². The van der Waals surface area contributed by atoms with Gasteiger partial charge in [-0.25, -0.2) is 18.4 Å². The molecule has 0 aliphatic heterocycles. The van der Waals surface area contributed by atoms with Crippen molar-refractivity contribution < 1.29 is 17.9 Å². The summed E-state index contributed by atoms with van der Waals surface area (Å²) >= 11 is 8.47. The van der Waals surface area contributed by atoms with Crippen molar-refractivity contribution in [2.75, 3.05) is 17.1 Å². The van der Waals surface area contributed by atoms with Crippen LogP contribution in [-0.4, -0.2) is 36.5 Å². The molecule has 0 atom stereocenters. The molecule has 1 amide bonds. The molecule has 160 valence electrons. The topological polar surface area (TPSA) is 122 Å². The normalized spacial score (nSPS) is 10.8. The van der Waals surface area contributed by atoms with E-state index < -0.39 is 10.0 Å². The Balaban J connectivity index is 1.66. The Morgan fingerprint density at radius 1 is 1.06 bits per heavy atom. The third kappa shape index (κ3) is 5.75. The van der Waals surface area contributed by atoms with Crippen LogP contribution in [0.2, 0.25) is 0 Å². The number of halogens is 1. The van der Waals surface area contributed by atoms with Gasteiger partial charge in [-0.1, -0.05) is 12.1 Å². The van der Waals surface area contributed by atoms with Gasteiger partial charge in [-0.15, -0.1) is 0 Å². The molecule has 3 aromatic rings. The first kappa shape index (κ1) is 22.6. The molecule has 12 heteroatoms. The average Bonchev–Trinajstić information content (AvgIpc) is 2.74. The molecule has 2 aromatic carbocycles. The van der Waals surface area contributed by atoms with Gasteiger partial charge in [0.05, 0.1) is 17.6 Å². The van der Waals surface area contributed by atoms with Crippen LogP contribution in [0.4, 0.5) is 11.5 Å². The first-order chi connectivity index (χ1) is 14.8. The number of nitrogens with zero attached hydrogens (tertiary/aromatic N) is 2. The van der Waals surface area contributed by atoms with E-state index in [0.717, 1.165) is 0 Å². The van der Waals surface area contributed by atoms with Gasteiger partial charge in [-0.2, -0.15) is 0 Å². The van der Waals surface area contributed by atoms with Gasteiger partial charge in [0.25, 0.3) is 21.8 Å². The highest BCUT2D eigenvalue weighted by molar-refractivity contribution is 9.10. The molecule has 0 aliphatic rings. The predicted molar refractivity (Wildman–Crippen MR) is 124 cm³/mol. The predicted octanol–water partition coefficient (Wildman–Crippen LogP) is 3.18. The molecule has 1 aromatic heterocycles. The molecule has 0 unspecified atom stereocenters. The zero-order chi connectivity index (χ0) is 22.4. The second kappa shape index (κ2) is 9.81. The molecule has 0 aliphatic carbocycles. The van der Waals surface area contributed by atoms with Gasteiger partial charge in [0.15, 0.2) is 5.11 Å². The molecule has 3 rings (SSSR count). The number of anilines is 2. The lowest BCUT2D eigenvalue weighted by Crippen LogP contribution is -2.34. The van der Waals surface area contributed by atoms with Gasteiger partial charge in [0, 0.05) is 22.6 Å². The Morgan fingerprint density at radius 2 is 1.74 bits per heavy atom. The van der Waals surface area contributed by atoms with Crippen molar-refractivity contribution in [2.45, 2.75) is 4.90 Å². The number of hydrogen-bond donors (Lipinski definition) is 3. The fraction of sp³-hybridized carbons (Fsp3) is 0.0526. The van der Waals surface area contributed by atoms with E-state index in [-0.39, 0.29) is 27.6 Å². The monoisotopic (exact) mass is 521 g/mol. The lowest BCUT2D eigenvalue weighted by molar-refractivity contribution is 0.0977. The zero-order valence-electron chi connectivity index (χ0n) is 16.0. The largest absolute Gasteiger partial charge is 0.478 e. The van der Waals surface area contributed by atoms with Crippen LogP contribution in [0.1, 0.15) is 10.4 Å². The Bertz CT molecular complexity index is 1220. The fourth-order valence-corrected chi connectivity index (χ4v) is 4.11. The second-order valence-electron chi connectivity index (χ2n) is 5.93. The molecule has 31 heavy (non-hydrogen) atoms. The van der Waals surface area contributed by atoms with Crippen LogP contribution in [0.3, 0.4) is 0 Å². The van der Waals surface area contributed by atoms with E-state index in [9.17, 15) is 13.2 Å². The smallest absolute Gasteiger partial charge is 0.263 e. The van der Waals surface area contributed by atoms with E-state index in [2.05, 4.69) is 41.3 Å². The summed E-state index contributed by atoms with van der Waals surface area (Å²) in [6.07, 6.45) is 2.73. The number of ether oxygens (including phenoxy) is 1. The third-order valence-electron chi connectivity index (χ3n) is 3.86. The van der Waals surface area contributed by atoms with Crippen molar-refractivity contribution in [2.24, 2.45) is 0 Å². The number of benzene rings is 2. The number of rotatable bonds is 6. The van der Waals surface area contributed by atoms with Crippen LogP contribution in [0, 0.1) is 0 Å². The summed E-state index contributed by atoms with van der Waals surface area (Å²) in [5.41, 5.74) is 0.923. The van der Waals surface area contributed by atoms with E-state index >= 15 is 0 Å². The minimum Gasteiger partial charge on any atom is -0.478 e. The summed E-state index contributed by atoms with van der Waals surface area (Å²) in [7, 11) is -2.56. The van der Waals surface area contributed by atoms with Gasteiger partial charge < -0.3 is 10.1 Å². The molecular formula is C19H16BrN5O4S2. The number of carbonyl (C=O) groups excluding carboxylic acids is 1. The first-order valence-corrected chi connectivity index (χ1v) is 11.3. The maximum Gasteiger partial charge on any atom is 0.263 e. The number of carbonyl (C=O) groups is 1. The van der Waals surface area contributed by atoms with Crippen molar-refractivity contribution in [1.82, 2.24) is 15.3 Å². The van der Waals surface area contributed by atoms with Crippen molar-refractivity contribution in [3.63, 3.8) is 0 Å². The van der Waals surface area contributed by atoms with Crippen molar-refractivity contribution in [1.29, 1.82) is 0 Å². The van der Waals surface area contributed by atoms with Gasteiger partial charge in [0.1, 0.15) is 0 Å². The summed E-state index contributed by atoms with van der Waals surface area (Å²) < 4.78 is 33.2. The highest BCUT2D eigenvalue weighted by Gasteiger charge is 2.18. The van der Waals surface area contributed by atoms with Crippen molar-refractivity contribution in [3.8, 4) is 5.88 Å². The van der Waals surface area contributed by atoms with Crippen LogP contribution in [0.5, 0.6) is 5.88 Å². The number of nitrogens with one attached hydrogen (secondary N) is 3. The number of amides is 1. The number of aromatic nitrogens is 2. The standard InChI is InChI=1S/C19H16BrN5O4S2/c1-29-18-16(21-10-11-22-18)25-31(27,28)13-8-6-12(7-9-13)23-19(30)24-17(26)14-4-2-3-5-15(14)20/h2-11H,1H3,(H,21,25)(H2,23,24,26,30). The van der Waals surface area contributed by atoms with Crippen LogP contribution in [0.15, 0.2) is 70.3 Å². The fourth-order valence-electron chi connectivity index (χ4n) is 2.43. The maximum absolute atomic E-state index is 12.6. The molecule has 1 heterocycles. The summed E-state index contributed by atoms with van der Waals surface area (Å²) in [6, 6.07) is 12.7. The van der Waals surface area contributed by atoms with E-state index in [1.54, 1.807) is 24.3 Å². The quantitative estimate of drug-likeness (QED) is 0.422. The molecule has 0 radical (unpaired) electrons. The molecule has 0 saturated carbocycles. The van der Waals surface area contributed by atoms with Gasteiger partial charge in [0.2, 0.25) is 5.82 Å². The average molecular weight is 522 g/mol. The van der Waals surface area contributed by atoms with Crippen LogP contribution >= 0.6 is 28.1 Å². The summed E-state index contributed by atoms with van der Waals surface area (Å²) in [4.78, 5) is 20.1. The minimum absolute atomic E-state index is 0.00562. The van der Waals surface area contributed by atoms with Gasteiger partial charge in [-0.3, -0.25) is 14.8 Å². The molecule has 9 nitrogen and oxygen atoms in total. The summed E-state index contributed by atoms with van der Waals surface area (Å²) in [5, 5.41) is 5.47. The highest BCUT2D eigenvalue weighted by Crippen LogP contribution is 2.22. The molecule has 3 N–H and O–H groups in total. The van der Waals surface area contributed by atoms with Gasteiger partial charge >= 0.3 is 0 Å². The van der Waals surface area contributed by atoms with Crippen molar-refractivity contribution in [3.05, 3.63) is 71.0 Å². The molecule has 0 fully saturated rings. The lowest BCUT2D eigenvalue weighted by atomic mass is 10.2. The Kier molecular flexibility index (Phi) is 7.15. The van der Waals surface area contributed by atoms with E-state index in [1.165, 1.54) is 43.8 Å². The SMILES string of the molecule is COc1nccnc1NS(=O)(=O)c1ccc(NC(=S)NC(=O)c2ccccc2Br)cc1. The minimum atomic E-state index is -3.92. The highest BCUT2D eigenvalue weighted by atomic mass is 79.9. The summed E-state index contributed by atoms with van der Waals surface area (Å²) in [6.45, 7) is 0. The molecular weight excluding hydrogens is 506 g/mol. The third-order valence-corrected chi connectivity index (χ3v) is 6.11. The molecule has 0 bridgehead atoms. The number of hydrogen-bond acceptors (Lipinski definition) is 7. The second-order valence-corrected chi connectivity index (χ2v) is 8.88. The van der Waals surface area contributed by atoms with Crippen LogP contribution < -0.4 is 20.1 Å². The van der Waals surface area contributed by atoms with Crippen molar-refractivity contribution >= 4 is 60.7 Å². The Labute approximate surface area is 192 Å². The molecule has 0 saturated heterocycles. The Hall–Kier alpha value is -3.09. The van der Waals surface area contributed by atoms with E-state index in [0.29, 0.717) is 15.7 Å². The number of methoxy groups -OCH3 is 1. The number of sulfonamides is 1. The number of thiocarbonyl (C=S) groups is 1. The van der Waals surface area contributed by atoms with E-state index in [4.69, 9.17) is 17.0 Å². The van der Waals surface area contributed by atoms with Gasteiger partial charge in [-0.05, 0) is 64.5 Å². The van der Waals surface area contributed by atoms with Crippen LogP contribution in [-0.2, 0) is 10.0 Å². The Morgan fingerprint density at radius 3 is 2.42 bits per heavy atom.